The van der Waals surface area contributed by atoms with Gasteiger partial charge < -0.3 is 10.6 Å². The lowest BCUT2D eigenvalue weighted by molar-refractivity contribution is 0.240. The van der Waals surface area contributed by atoms with E-state index in [2.05, 4.69) is 41.0 Å². The second kappa shape index (κ2) is 6.25. The molecule has 2 N–H and O–H groups in total. The van der Waals surface area contributed by atoms with Gasteiger partial charge >= 0.3 is 0 Å². The van der Waals surface area contributed by atoms with Gasteiger partial charge in [-0.1, -0.05) is 37.5 Å². The average molecular weight is 288 g/mol. The maximum absolute atomic E-state index is 3.86. The lowest BCUT2D eigenvalue weighted by Crippen LogP contribution is -2.45. The molecule has 1 aromatic heterocycles. The monoisotopic (exact) mass is 288 g/mol. The SMILES string of the molecule is CNCCNC1(c2cc3ccccc3s2)CCCCC1. The minimum absolute atomic E-state index is 0.221. The molecule has 3 heteroatoms. The van der Waals surface area contributed by atoms with Crippen molar-refractivity contribution < 1.29 is 0 Å². The van der Waals surface area contributed by atoms with Crippen LogP contribution in [0, 0.1) is 0 Å². The Bertz CT molecular complexity index is 522. The predicted octanol–water partition coefficient (Wildman–Crippen LogP) is 3.87. The molecule has 108 valence electrons. The van der Waals surface area contributed by atoms with Crippen molar-refractivity contribution in [1.29, 1.82) is 0 Å². The summed E-state index contributed by atoms with van der Waals surface area (Å²) >= 11 is 1.98. The summed E-state index contributed by atoms with van der Waals surface area (Å²) in [4.78, 5) is 1.54. The lowest BCUT2D eigenvalue weighted by Gasteiger charge is -2.38. The molecule has 2 aromatic rings. The van der Waals surface area contributed by atoms with Crippen molar-refractivity contribution in [2.45, 2.75) is 37.6 Å². The van der Waals surface area contributed by atoms with E-state index in [1.807, 2.05) is 18.4 Å². The quantitative estimate of drug-likeness (QED) is 0.816. The minimum Gasteiger partial charge on any atom is -0.318 e. The molecule has 0 bridgehead atoms. The van der Waals surface area contributed by atoms with E-state index >= 15 is 0 Å². The van der Waals surface area contributed by atoms with Gasteiger partial charge in [-0.3, -0.25) is 0 Å². The zero-order valence-electron chi connectivity index (χ0n) is 12.2. The number of hydrogen-bond acceptors (Lipinski definition) is 3. The molecule has 0 unspecified atom stereocenters. The van der Waals surface area contributed by atoms with Crippen LogP contribution in [0.1, 0.15) is 37.0 Å². The van der Waals surface area contributed by atoms with E-state index in [-0.39, 0.29) is 5.54 Å². The largest absolute Gasteiger partial charge is 0.318 e. The Hall–Kier alpha value is -0.900. The number of likely N-dealkylation sites (N-methyl/N-ethyl adjacent to an activating group) is 1. The molecule has 0 saturated heterocycles. The van der Waals surface area contributed by atoms with Gasteiger partial charge in [0.15, 0.2) is 0 Å². The van der Waals surface area contributed by atoms with E-state index in [4.69, 9.17) is 0 Å². The van der Waals surface area contributed by atoms with Gasteiger partial charge in [-0.15, -0.1) is 11.3 Å². The van der Waals surface area contributed by atoms with E-state index in [1.54, 1.807) is 0 Å². The molecule has 1 saturated carbocycles. The Balaban J connectivity index is 1.90. The highest BCUT2D eigenvalue weighted by Crippen LogP contribution is 2.42. The van der Waals surface area contributed by atoms with Crippen LogP contribution in [0.25, 0.3) is 10.1 Å². The molecule has 1 aromatic carbocycles. The van der Waals surface area contributed by atoms with Gasteiger partial charge in [0, 0.05) is 22.7 Å². The molecule has 2 nitrogen and oxygen atoms in total. The van der Waals surface area contributed by atoms with Crippen molar-refractivity contribution in [2.24, 2.45) is 0 Å². The summed E-state index contributed by atoms with van der Waals surface area (Å²) in [6.07, 6.45) is 6.65. The number of fused-ring (bicyclic) bond motifs is 1. The summed E-state index contributed by atoms with van der Waals surface area (Å²) in [7, 11) is 2.02. The summed E-state index contributed by atoms with van der Waals surface area (Å²) in [5, 5.41) is 8.50. The van der Waals surface area contributed by atoms with Crippen LogP contribution in [-0.4, -0.2) is 20.1 Å². The third kappa shape index (κ3) is 2.76. The Morgan fingerprint density at radius 1 is 1.10 bits per heavy atom. The zero-order valence-corrected chi connectivity index (χ0v) is 13.1. The highest BCUT2D eigenvalue weighted by Gasteiger charge is 2.34. The van der Waals surface area contributed by atoms with Crippen LogP contribution in [-0.2, 0) is 5.54 Å². The van der Waals surface area contributed by atoms with Crippen LogP contribution in [0.3, 0.4) is 0 Å². The Morgan fingerprint density at radius 3 is 2.65 bits per heavy atom. The van der Waals surface area contributed by atoms with Crippen molar-refractivity contribution in [3.63, 3.8) is 0 Å². The van der Waals surface area contributed by atoms with Crippen LogP contribution in [0.15, 0.2) is 30.3 Å². The fourth-order valence-electron chi connectivity index (χ4n) is 3.31. The van der Waals surface area contributed by atoms with Gasteiger partial charge in [-0.05, 0) is 37.4 Å². The molecule has 1 aliphatic rings. The third-order valence-electron chi connectivity index (χ3n) is 4.44. The van der Waals surface area contributed by atoms with Crippen molar-refractivity contribution in [1.82, 2.24) is 10.6 Å². The molecule has 0 atom stereocenters. The molecule has 1 heterocycles. The predicted molar refractivity (Wildman–Crippen MR) is 88.5 cm³/mol. The van der Waals surface area contributed by atoms with Gasteiger partial charge in [-0.25, -0.2) is 0 Å². The summed E-state index contributed by atoms with van der Waals surface area (Å²) in [5.74, 6) is 0. The van der Waals surface area contributed by atoms with Gasteiger partial charge in [0.25, 0.3) is 0 Å². The summed E-state index contributed by atoms with van der Waals surface area (Å²) in [5.41, 5.74) is 0.221. The first-order valence-electron chi connectivity index (χ1n) is 7.73. The Kier molecular flexibility index (Phi) is 4.39. The number of benzene rings is 1. The second-order valence-electron chi connectivity index (χ2n) is 5.82. The molecular formula is C17H24N2S. The van der Waals surface area contributed by atoms with Gasteiger partial charge in [0.05, 0.1) is 5.54 Å². The molecule has 0 radical (unpaired) electrons. The van der Waals surface area contributed by atoms with E-state index in [9.17, 15) is 0 Å². The normalized spacial score (nSPS) is 18.4. The Labute approximate surface area is 125 Å². The standard InChI is InChI=1S/C17H24N2S/c1-18-11-12-19-17(9-5-2-6-10-17)16-13-14-7-3-4-8-15(14)20-16/h3-4,7-8,13,18-19H,2,5-6,9-12H2,1H3. The topological polar surface area (TPSA) is 24.1 Å². The van der Waals surface area contributed by atoms with Crippen molar-refractivity contribution in [3.05, 3.63) is 35.2 Å². The van der Waals surface area contributed by atoms with Crippen LogP contribution < -0.4 is 10.6 Å². The van der Waals surface area contributed by atoms with Crippen LogP contribution >= 0.6 is 11.3 Å². The minimum atomic E-state index is 0.221. The number of nitrogens with one attached hydrogen (secondary N) is 2. The molecule has 3 rings (SSSR count). The van der Waals surface area contributed by atoms with Gasteiger partial charge in [0.1, 0.15) is 0 Å². The van der Waals surface area contributed by atoms with Crippen LogP contribution in [0.5, 0.6) is 0 Å². The highest BCUT2D eigenvalue weighted by molar-refractivity contribution is 7.19. The molecule has 0 amide bonds. The number of rotatable bonds is 5. The maximum Gasteiger partial charge on any atom is 0.0529 e. The maximum atomic E-state index is 3.86. The fraction of sp³-hybridized carbons (Fsp3) is 0.529. The van der Waals surface area contributed by atoms with Gasteiger partial charge in [0.2, 0.25) is 0 Å². The molecule has 0 spiro atoms. The average Bonchev–Trinajstić information content (AvgIpc) is 2.93. The van der Waals surface area contributed by atoms with Crippen molar-refractivity contribution >= 4 is 21.4 Å². The molecular weight excluding hydrogens is 264 g/mol. The van der Waals surface area contributed by atoms with E-state index in [1.165, 1.54) is 47.1 Å². The van der Waals surface area contributed by atoms with Crippen molar-refractivity contribution in [2.75, 3.05) is 20.1 Å². The first-order chi connectivity index (χ1) is 9.84. The van der Waals surface area contributed by atoms with Gasteiger partial charge in [-0.2, -0.15) is 0 Å². The lowest BCUT2D eigenvalue weighted by atomic mass is 9.80. The summed E-state index contributed by atoms with van der Waals surface area (Å²) in [6, 6.07) is 11.2. The van der Waals surface area contributed by atoms with E-state index in [0.717, 1.165) is 13.1 Å². The number of hydrogen-bond donors (Lipinski definition) is 2. The molecule has 20 heavy (non-hydrogen) atoms. The van der Waals surface area contributed by atoms with Crippen molar-refractivity contribution in [3.8, 4) is 0 Å². The number of thiophene rings is 1. The first-order valence-corrected chi connectivity index (χ1v) is 8.54. The summed E-state index contributed by atoms with van der Waals surface area (Å²) in [6.45, 7) is 2.08. The van der Waals surface area contributed by atoms with Crippen LogP contribution in [0.4, 0.5) is 0 Å². The summed E-state index contributed by atoms with van der Waals surface area (Å²) < 4.78 is 1.42. The highest BCUT2D eigenvalue weighted by atomic mass is 32.1. The molecule has 0 aliphatic heterocycles. The van der Waals surface area contributed by atoms with E-state index < -0.39 is 0 Å². The Morgan fingerprint density at radius 2 is 1.90 bits per heavy atom. The second-order valence-corrected chi connectivity index (χ2v) is 6.91. The van der Waals surface area contributed by atoms with Crippen LogP contribution in [0.2, 0.25) is 0 Å². The zero-order chi connectivity index (χ0) is 13.8. The molecule has 1 aliphatic carbocycles. The van der Waals surface area contributed by atoms with E-state index in [0.29, 0.717) is 0 Å². The third-order valence-corrected chi connectivity index (χ3v) is 5.76. The molecule has 1 fully saturated rings. The first kappa shape index (κ1) is 14.1. The fourth-order valence-corrected chi connectivity index (χ4v) is 4.60. The smallest absolute Gasteiger partial charge is 0.0529 e.